The van der Waals surface area contributed by atoms with Gasteiger partial charge in [0.25, 0.3) is 0 Å². The van der Waals surface area contributed by atoms with Crippen LogP contribution in [0.15, 0.2) is 65.3 Å². The van der Waals surface area contributed by atoms with Gasteiger partial charge in [0, 0.05) is 19.0 Å². The van der Waals surface area contributed by atoms with E-state index in [0.29, 0.717) is 6.42 Å². The molecule has 0 saturated carbocycles. The molecule has 0 N–H and O–H groups in total. The molecule has 1 amide bonds. The van der Waals surface area contributed by atoms with Crippen molar-refractivity contribution in [2.24, 2.45) is 0 Å². The third kappa shape index (κ3) is 4.28. The Bertz CT molecular complexity index is 913. The molecule has 1 atom stereocenters. The third-order valence-electron chi connectivity index (χ3n) is 5.80. The van der Waals surface area contributed by atoms with Gasteiger partial charge in [0.15, 0.2) is 0 Å². The molecular formula is C24H28N2O2. The van der Waals surface area contributed by atoms with Crippen molar-refractivity contribution in [2.75, 3.05) is 26.7 Å². The highest BCUT2D eigenvalue weighted by atomic mass is 16.3. The molecule has 0 aliphatic carbocycles. The Morgan fingerprint density at radius 3 is 2.64 bits per heavy atom. The summed E-state index contributed by atoms with van der Waals surface area (Å²) in [5, 5.41) is 1.04. The molecule has 4 rings (SSSR count). The van der Waals surface area contributed by atoms with Crippen molar-refractivity contribution >= 4 is 16.9 Å². The van der Waals surface area contributed by atoms with Gasteiger partial charge in [-0.25, -0.2) is 0 Å². The first kappa shape index (κ1) is 18.8. The van der Waals surface area contributed by atoms with Crippen molar-refractivity contribution < 1.29 is 9.21 Å². The van der Waals surface area contributed by atoms with Crippen LogP contribution in [0.1, 0.15) is 36.4 Å². The molecule has 0 radical (unpaired) electrons. The normalized spacial score (nSPS) is 16.2. The Morgan fingerprint density at radius 2 is 1.86 bits per heavy atom. The van der Waals surface area contributed by atoms with E-state index in [2.05, 4.69) is 29.2 Å². The van der Waals surface area contributed by atoms with Crippen molar-refractivity contribution in [3.05, 3.63) is 72.0 Å². The second kappa shape index (κ2) is 8.61. The minimum atomic E-state index is 0.0736. The highest BCUT2D eigenvalue weighted by Gasteiger charge is 2.25. The lowest BCUT2D eigenvalue weighted by molar-refractivity contribution is -0.131. The van der Waals surface area contributed by atoms with Crippen LogP contribution in [0, 0.1) is 0 Å². The van der Waals surface area contributed by atoms with Gasteiger partial charge in [0.2, 0.25) is 5.91 Å². The Hall–Kier alpha value is -2.59. The van der Waals surface area contributed by atoms with Crippen molar-refractivity contribution in [1.29, 1.82) is 0 Å². The average molecular weight is 377 g/mol. The van der Waals surface area contributed by atoms with Gasteiger partial charge < -0.3 is 14.2 Å². The van der Waals surface area contributed by atoms with Crippen LogP contribution >= 0.6 is 0 Å². The topological polar surface area (TPSA) is 36.7 Å². The summed E-state index contributed by atoms with van der Waals surface area (Å²) in [4.78, 5) is 17.6. The summed E-state index contributed by atoms with van der Waals surface area (Å²) in [5.74, 6) is 0.147. The van der Waals surface area contributed by atoms with Gasteiger partial charge in [0.1, 0.15) is 5.58 Å². The molecule has 4 nitrogen and oxygen atoms in total. The fourth-order valence-electron chi connectivity index (χ4n) is 4.11. The van der Waals surface area contributed by atoms with Crippen LogP contribution in [0.4, 0.5) is 0 Å². The maximum absolute atomic E-state index is 13.1. The van der Waals surface area contributed by atoms with E-state index in [1.54, 1.807) is 6.26 Å². The summed E-state index contributed by atoms with van der Waals surface area (Å²) >= 11 is 0. The van der Waals surface area contributed by atoms with E-state index in [0.717, 1.165) is 36.2 Å². The van der Waals surface area contributed by atoms with Gasteiger partial charge in [-0.05, 0) is 55.3 Å². The zero-order valence-corrected chi connectivity index (χ0v) is 16.5. The molecule has 1 fully saturated rings. The molecule has 2 heterocycles. The molecule has 1 saturated heterocycles. The number of carbonyl (C=O) groups is 1. The van der Waals surface area contributed by atoms with Crippen LogP contribution in [-0.2, 0) is 11.2 Å². The molecular weight excluding hydrogens is 348 g/mol. The van der Waals surface area contributed by atoms with E-state index in [4.69, 9.17) is 4.42 Å². The van der Waals surface area contributed by atoms with Crippen LogP contribution < -0.4 is 0 Å². The highest BCUT2D eigenvalue weighted by Crippen LogP contribution is 2.24. The zero-order valence-electron chi connectivity index (χ0n) is 16.5. The molecule has 1 aliphatic rings. The molecule has 0 unspecified atom stereocenters. The first-order valence-corrected chi connectivity index (χ1v) is 10.2. The van der Waals surface area contributed by atoms with Crippen molar-refractivity contribution in [3.63, 3.8) is 0 Å². The summed E-state index contributed by atoms with van der Waals surface area (Å²) < 4.78 is 5.41. The van der Waals surface area contributed by atoms with Gasteiger partial charge in [0.05, 0.1) is 18.7 Å². The fraction of sp³-hybridized carbons (Fsp3) is 0.375. The van der Waals surface area contributed by atoms with E-state index in [-0.39, 0.29) is 11.9 Å². The summed E-state index contributed by atoms with van der Waals surface area (Å²) in [6.07, 6.45) is 5.92. The van der Waals surface area contributed by atoms with Crippen LogP contribution in [0.5, 0.6) is 0 Å². The summed E-state index contributed by atoms with van der Waals surface area (Å²) in [6, 6.07) is 18.4. The van der Waals surface area contributed by atoms with E-state index in [1.807, 2.05) is 42.3 Å². The number of likely N-dealkylation sites (N-methyl/N-ethyl adjacent to an activating group) is 1. The summed E-state index contributed by atoms with van der Waals surface area (Å²) in [6.45, 7) is 3.15. The molecule has 0 bridgehead atoms. The van der Waals surface area contributed by atoms with Crippen molar-refractivity contribution in [3.8, 4) is 0 Å². The number of hydrogen-bond acceptors (Lipinski definition) is 3. The predicted octanol–water partition coefficient (Wildman–Crippen LogP) is 4.66. The number of nitrogens with zero attached hydrogens (tertiary/aromatic N) is 2. The number of likely N-dealkylation sites (tertiary alicyclic amines) is 1. The average Bonchev–Trinajstić information content (AvgIpc) is 3.21. The van der Waals surface area contributed by atoms with Gasteiger partial charge in [-0.2, -0.15) is 0 Å². The minimum Gasteiger partial charge on any atom is -0.464 e. The molecule has 1 aromatic heterocycles. The van der Waals surface area contributed by atoms with Gasteiger partial charge in [-0.3, -0.25) is 4.79 Å². The van der Waals surface area contributed by atoms with Gasteiger partial charge in [-0.1, -0.05) is 42.8 Å². The van der Waals surface area contributed by atoms with Gasteiger partial charge in [-0.15, -0.1) is 0 Å². The first-order chi connectivity index (χ1) is 13.7. The molecule has 28 heavy (non-hydrogen) atoms. The molecule has 1 aliphatic heterocycles. The Kier molecular flexibility index (Phi) is 5.77. The summed E-state index contributed by atoms with van der Waals surface area (Å²) in [5.41, 5.74) is 3.08. The molecule has 4 heteroatoms. The van der Waals surface area contributed by atoms with Crippen molar-refractivity contribution in [1.82, 2.24) is 9.80 Å². The van der Waals surface area contributed by atoms with Crippen LogP contribution in [0.3, 0.4) is 0 Å². The molecule has 3 aromatic rings. The monoisotopic (exact) mass is 376 g/mol. The number of carbonyl (C=O) groups excluding carboxylic acids is 1. The van der Waals surface area contributed by atoms with Crippen LogP contribution in [0.25, 0.3) is 11.0 Å². The maximum atomic E-state index is 13.1. The maximum Gasteiger partial charge on any atom is 0.227 e. The fourth-order valence-corrected chi connectivity index (χ4v) is 4.11. The highest BCUT2D eigenvalue weighted by molar-refractivity contribution is 5.82. The largest absolute Gasteiger partial charge is 0.464 e. The van der Waals surface area contributed by atoms with E-state index >= 15 is 0 Å². The summed E-state index contributed by atoms with van der Waals surface area (Å²) in [7, 11) is 1.94. The number of benzene rings is 2. The number of piperidine rings is 1. The molecule has 2 aromatic carbocycles. The van der Waals surface area contributed by atoms with Gasteiger partial charge >= 0.3 is 0 Å². The SMILES string of the molecule is CN(C(=O)Cc1ccc2occc2c1)[C@H](CN1CCCCC1)c1ccccc1. The lowest BCUT2D eigenvalue weighted by Crippen LogP contribution is -2.41. The lowest BCUT2D eigenvalue weighted by atomic mass is 10.0. The molecule has 146 valence electrons. The van der Waals surface area contributed by atoms with Crippen LogP contribution in [-0.4, -0.2) is 42.4 Å². The number of fused-ring (bicyclic) bond motifs is 1. The van der Waals surface area contributed by atoms with E-state index < -0.39 is 0 Å². The molecule has 0 spiro atoms. The smallest absolute Gasteiger partial charge is 0.227 e. The second-order valence-electron chi connectivity index (χ2n) is 7.76. The number of rotatable bonds is 6. The Labute approximate surface area is 166 Å². The van der Waals surface area contributed by atoms with E-state index in [9.17, 15) is 4.79 Å². The zero-order chi connectivity index (χ0) is 19.3. The van der Waals surface area contributed by atoms with Crippen LogP contribution in [0.2, 0.25) is 0 Å². The van der Waals surface area contributed by atoms with E-state index in [1.165, 1.54) is 24.8 Å². The quantitative estimate of drug-likeness (QED) is 0.628. The Morgan fingerprint density at radius 1 is 1.07 bits per heavy atom. The second-order valence-corrected chi connectivity index (χ2v) is 7.76. The third-order valence-corrected chi connectivity index (χ3v) is 5.80. The number of amides is 1. The Balaban J connectivity index is 1.51. The standard InChI is InChI=1S/C24H28N2O2/c1-25(24(27)17-19-10-11-23-21(16-19)12-15-28-23)22(20-8-4-2-5-9-20)18-26-13-6-3-7-14-26/h2,4-5,8-12,15-16,22H,3,6-7,13-14,17-18H2,1H3/t22-/m1/s1. The number of furan rings is 1. The lowest BCUT2D eigenvalue weighted by Gasteiger charge is -2.35. The number of hydrogen-bond donors (Lipinski definition) is 0. The predicted molar refractivity (Wildman–Crippen MR) is 112 cm³/mol. The van der Waals surface area contributed by atoms with Crippen molar-refractivity contribution in [2.45, 2.75) is 31.7 Å². The minimum absolute atomic E-state index is 0.0736. The first-order valence-electron chi connectivity index (χ1n) is 10.2.